The maximum atomic E-state index is 12.8. The van der Waals surface area contributed by atoms with E-state index in [1.807, 2.05) is 0 Å². The number of allylic oxidation sites excluding steroid dienone is 1. The van der Waals surface area contributed by atoms with Crippen molar-refractivity contribution in [1.82, 2.24) is 0 Å². The molecule has 0 heterocycles. The molecule has 1 N–H and O–H groups in total. The van der Waals surface area contributed by atoms with Gasteiger partial charge in [0, 0.05) is 5.02 Å². The number of halogens is 3. The minimum Gasteiger partial charge on any atom is -0.319 e. The van der Waals surface area contributed by atoms with Crippen LogP contribution >= 0.6 is 23.2 Å². The van der Waals surface area contributed by atoms with Gasteiger partial charge < -0.3 is 5.32 Å². The van der Waals surface area contributed by atoms with Crippen molar-refractivity contribution < 1.29 is 9.18 Å². The van der Waals surface area contributed by atoms with Crippen LogP contribution in [0.2, 0.25) is 10.0 Å². The lowest BCUT2D eigenvalue weighted by molar-refractivity contribution is -0.114. The van der Waals surface area contributed by atoms with Crippen LogP contribution in [0, 0.1) is 0 Å². The van der Waals surface area contributed by atoms with E-state index >= 15 is 0 Å². The summed E-state index contributed by atoms with van der Waals surface area (Å²) in [6, 6.07) is 4.52. The fourth-order valence-corrected chi connectivity index (χ4v) is 1.36. The van der Waals surface area contributed by atoms with E-state index in [4.69, 9.17) is 23.2 Å². The average molecular weight is 248 g/mol. The Labute approximate surface area is 96.7 Å². The second kappa shape index (κ2) is 5.14. The van der Waals surface area contributed by atoms with Crippen molar-refractivity contribution in [2.75, 3.05) is 5.32 Å². The van der Waals surface area contributed by atoms with Crippen LogP contribution in [0.1, 0.15) is 6.92 Å². The Bertz CT molecular complexity index is 418. The minimum absolute atomic E-state index is 0.264. The molecular formula is C10H8Cl2FNO. The Hall–Kier alpha value is -1.06. The summed E-state index contributed by atoms with van der Waals surface area (Å²) in [5.74, 6) is -1.69. The number of benzene rings is 1. The first kappa shape index (κ1) is 12.0. The highest BCUT2D eigenvalue weighted by molar-refractivity contribution is 6.36. The number of nitrogens with one attached hydrogen (secondary N) is 1. The maximum absolute atomic E-state index is 12.8. The molecule has 0 saturated heterocycles. The van der Waals surface area contributed by atoms with Gasteiger partial charge in [0.15, 0.2) is 5.83 Å². The molecule has 1 rings (SSSR count). The van der Waals surface area contributed by atoms with Gasteiger partial charge in [-0.2, -0.15) is 0 Å². The second-order valence-electron chi connectivity index (χ2n) is 2.71. The molecule has 0 aliphatic carbocycles. The standard InChI is InChI=1S/C10H8Cl2FNO/c1-2-8(13)10(15)14-9-4-3-6(11)5-7(9)12/h2-5H,1H3,(H,14,15)/b8-2+. The van der Waals surface area contributed by atoms with Crippen LogP contribution in [0.15, 0.2) is 30.1 Å². The van der Waals surface area contributed by atoms with E-state index in [1.165, 1.54) is 19.1 Å². The number of amides is 1. The summed E-state index contributed by atoms with van der Waals surface area (Å²) in [4.78, 5) is 11.1. The predicted octanol–water partition coefficient (Wildman–Crippen LogP) is 3.81. The molecule has 0 aromatic heterocycles. The van der Waals surface area contributed by atoms with E-state index in [9.17, 15) is 9.18 Å². The first-order valence-corrected chi connectivity index (χ1v) is 4.88. The van der Waals surface area contributed by atoms with Gasteiger partial charge in [-0.15, -0.1) is 0 Å². The van der Waals surface area contributed by atoms with Crippen LogP contribution in [0.5, 0.6) is 0 Å². The molecule has 0 radical (unpaired) electrons. The highest BCUT2D eigenvalue weighted by Crippen LogP contribution is 2.25. The smallest absolute Gasteiger partial charge is 0.284 e. The van der Waals surface area contributed by atoms with Gasteiger partial charge in [-0.05, 0) is 31.2 Å². The van der Waals surface area contributed by atoms with Crippen molar-refractivity contribution in [3.63, 3.8) is 0 Å². The first-order chi connectivity index (χ1) is 7.04. The third-order valence-electron chi connectivity index (χ3n) is 1.65. The summed E-state index contributed by atoms with van der Waals surface area (Å²) < 4.78 is 12.8. The molecule has 2 nitrogen and oxygen atoms in total. The van der Waals surface area contributed by atoms with Crippen LogP contribution in [0.4, 0.5) is 10.1 Å². The lowest BCUT2D eigenvalue weighted by Crippen LogP contribution is -2.12. The Balaban J connectivity index is 2.86. The van der Waals surface area contributed by atoms with Gasteiger partial charge in [0.05, 0.1) is 10.7 Å². The molecule has 0 bridgehead atoms. The largest absolute Gasteiger partial charge is 0.319 e. The van der Waals surface area contributed by atoms with E-state index in [1.54, 1.807) is 6.07 Å². The molecule has 0 saturated carbocycles. The molecule has 1 amide bonds. The molecule has 0 fully saturated rings. The summed E-state index contributed by atoms with van der Waals surface area (Å²) in [5.41, 5.74) is 0.322. The molecule has 0 unspecified atom stereocenters. The maximum Gasteiger partial charge on any atom is 0.284 e. The number of anilines is 1. The van der Waals surface area contributed by atoms with Gasteiger partial charge >= 0.3 is 0 Å². The van der Waals surface area contributed by atoms with Crippen molar-refractivity contribution in [2.24, 2.45) is 0 Å². The van der Waals surface area contributed by atoms with Crippen LogP contribution in [-0.2, 0) is 4.79 Å². The Morgan fingerprint density at radius 1 is 1.47 bits per heavy atom. The number of carbonyl (C=O) groups is 1. The fraction of sp³-hybridized carbons (Fsp3) is 0.100. The van der Waals surface area contributed by atoms with Gasteiger partial charge in [0.2, 0.25) is 0 Å². The molecule has 0 aliphatic rings. The van der Waals surface area contributed by atoms with Gasteiger partial charge in [-0.1, -0.05) is 23.2 Å². The summed E-state index contributed by atoms with van der Waals surface area (Å²) in [6.07, 6.45) is 1.07. The number of carbonyl (C=O) groups excluding carboxylic acids is 1. The minimum atomic E-state index is -0.860. The number of rotatable bonds is 2. The van der Waals surface area contributed by atoms with Crippen molar-refractivity contribution in [3.8, 4) is 0 Å². The third kappa shape index (κ3) is 3.22. The summed E-state index contributed by atoms with van der Waals surface area (Å²) >= 11 is 11.4. The van der Waals surface area contributed by atoms with Gasteiger partial charge in [0.25, 0.3) is 5.91 Å². The monoisotopic (exact) mass is 247 g/mol. The topological polar surface area (TPSA) is 29.1 Å². The van der Waals surface area contributed by atoms with Crippen molar-refractivity contribution in [2.45, 2.75) is 6.92 Å². The van der Waals surface area contributed by atoms with E-state index in [0.29, 0.717) is 10.7 Å². The van der Waals surface area contributed by atoms with E-state index in [-0.39, 0.29) is 5.02 Å². The SMILES string of the molecule is C/C=C(/F)C(=O)Nc1ccc(Cl)cc1Cl. The van der Waals surface area contributed by atoms with Gasteiger partial charge in [0.1, 0.15) is 0 Å². The van der Waals surface area contributed by atoms with Crippen molar-refractivity contribution in [1.29, 1.82) is 0 Å². The van der Waals surface area contributed by atoms with Crippen LogP contribution in [0.3, 0.4) is 0 Å². The molecule has 0 aliphatic heterocycles. The predicted molar refractivity (Wildman–Crippen MR) is 60.0 cm³/mol. The van der Waals surface area contributed by atoms with Crippen LogP contribution < -0.4 is 5.32 Å². The summed E-state index contributed by atoms with van der Waals surface area (Å²) in [7, 11) is 0. The zero-order valence-corrected chi connectivity index (χ0v) is 9.36. The molecule has 15 heavy (non-hydrogen) atoms. The lowest BCUT2D eigenvalue weighted by atomic mass is 10.3. The molecule has 0 spiro atoms. The molecule has 80 valence electrons. The molecular weight excluding hydrogens is 240 g/mol. The van der Waals surface area contributed by atoms with E-state index in [0.717, 1.165) is 6.08 Å². The summed E-state index contributed by atoms with van der Waals surface area (Å²) in [5, 5.41) is 3.03. The fourth-order valence-electron chi connectivity index (χ4n) is 0.904. The number of hydrogen-bond donors (Lipinski definition) is 1. The average Bonchev–Trinajstić information content (AvgIpc) is 2.20. The third-order valence-corrected chi connectivity index (χ3v) is 2.20. The highest BCUT2D eigenvalue weighted by Gasteiger charge is 2.09. The normalized spacial score (nSPS) is 11.3. The van der Waals surface area contributed by atoms with Gasteiger partial charge in [-0.3, -0.25) is 4.79 Å². The summed E-state index contributed by atoms with van der Waals surface area (Å²) in [6.45, 7) is 1.43. The zero-order chi connectivity index (χ0) is 11.4. The molecule has 1 aromatic carbocycles. The van der Waals surface area contributed by atoms with E-state index < -0.39 is 11.7 Å². The Morgan fingerprint density at radius 3 is 2.67 bits per heavy atom. The lowest BCUT2D eigenvalue weighted by Gasteiger charge is -2.05. The molecule has 1 aromatic rings. The quantitative estimate of drug-likeness (QED) is 0.792. The van der Waals surface area contributed by atoms with E-state index in [2.05, 4.69) is 5.32 Å². The van der Waals surface area contributed by atoms with Crippen LogP contribution in [-0.4, -0.2) is 5.91 Å². The van der Waals surface area contributed by atoms with Crippen molar-refractivity contribution >= 4 is 34.8 Å². The Morgan fingerprint density at radius 2 is 2.13 bits per heavy atom. The zero-order valence-electron chi connectivity index (χ0n) is 7.85. The second-order valence-corrected chi connectivity index (χ2v) is 3.56. The van der Waals surface area contributed by atoms with Gasteiger partial charge in [-0.25, -0.2) is 4.39 Å². The molecule has 5 heteroatoms. The van der Waals surface area contributed by atoms with Crippen molar-refractivity contribution in [3.05, 3.63) is 40.1 Å². The first-order valence-electron chi connectivity index (χ1n) is 4.13. The highest BCUT2D eigenvalue weighted by atomic mass is 35.5. The van der Waals surface area contributed by atoms with Crippen LogP contribution in [0.25, 0.3) is 0 Å². The molecule has 0 atom stereocenters. The number of hydrogen-bond acceptors (Lipinski definition) is 1. The Kier molecular flexibility index (Phi) is 4.12.